The first-order chi connectivity index (χ1) is 20.4. The molecule has 0 aliphatic heterocycles. The van der Waals surface area contributed by atoms with Crippen LogP contribution in [0.1, 0.15) is 60.1 Å². The summed E-state index contributed by atoms with van der Waals surface area (Å²) in [5.74, 6) is -1.69. The Morgan fingerprint density at radius 1 is 1.05 bits per heavy atom. The molecule has 0 fully saturated rings. The Morgan fingerprint density at radius 3 is 2.51 bits per heavy atom. The molecular weight excluding hydrogens is 556 g/mol. The number of benzene rings is 1. The molecule has 0 aliphatic rings. The van der Waals surface area contributed by atoms with Gasteiger partial charge in [0.2, 0.25) is 0 Å². The van der Waals surface area contributed by atoms with Crippen molar-refractivity contribution >= 4 is 29.4 Å². The number of nitrogens with zero attached hydrogens (tertiary/aromatic N) is 1. The van der Waals surface area contributed by atoms with Gasteiger partial charge in [0.1, 0.15) is 23.1 Å². The van der Waals surface area contributed by atoms with Gasteiger partial charge in [-0.2, -0.15) is 0 Å². The third-order valence-electron chi connectivity index (χ3n) is 6.01. The Kier molecular flexibility index (Phi) is 9.29. The Labute approximate surface area is 247 Å². The lowest BCUT2D eigenvalue weighted by atomic mass is 10.1. The van der Waals surface area contributed by atoms with E-state index in [1.54, 1.807) is 70.2 Å². The number of aromatic amines is 1. The van der Waals surface area contributed by atoms with E-state index in [1.807, 2.05) is 0 Å². The Morgan fingerprint density at radius 2 is 1.81 bits per heavy atom. The average Bonchev–Trinajstić information content (AvgIpc) is 3.60. The van der Waals surface area contributed by atoms with Crippen molar-refractivity contribution in [2.75, 3.05) is 5.32 Å². The van der Waals surface area contributed by atoms with Crippen LogP contribution in [0, 0.1) is 6.92 Å². The SMILES string of the molecule is Cc1ccoc1C(=O)Nc1cccc(Oc2ccnc(-c3cc(C(=O)N[C@@H](CCC(=O)OC(C)(C)C)C(=O)O)c[nH]3)c2)c1. The fraction of sp³-hybridized carbons (Fsp3) is 0.258. The zero-order valence-electron chi connectivity index (χ0n) is 24.1. The summed E-state index contributed by atoms with van der Waals surface area (Å²) in [5, 5.41) is 14.8. The fourth-order valence-electron chi connectivity index (χ4n) is 4.02. The van der Waals surface area contributed by atoms with Crippen LogP contribution in [-0.4, -0.2) is 50.5 Å². The number of carbonyl (C=O) groups excluding carboxylic acids is 3. The number of carbonyl (C=O) groups is 4. The van der Waals surface area contributed by atoms with Gasteiger partial charge in [0.05, 0.1) is 23.2 Å². The number of aromatic nitrogens is 2. The molecule has 2 amide bonds. The van der Waals surface area contributed by atoms with E-state index in [0.717, 1.165) is 5.56 Å². The first-order valence-corrected chi connectivity index (χ1v) is 13.4. The quantitative estimate of drug-likeness (QED) is 0.169. The third-order valence-corrected chi connectivity index (χ3v) is 6.01. The number of aliphatic carboxylic acids is 1. The molecule has 12 nitrogen and oxygen atoms in total. The van der Waals surface area contributed by atoms with Gasteiger partial charge in [0, 0.05) is 42.2 Å². The number of hydrogen-bond acceptors (Lipinski definition) is 8. The van der Waals surface area contributed by atoms with Gasteiger partial charge in [0.15, 0.2) is 5.76 Å². The van der Waals surface area contributed by atoms with Gasteiger partial charge in [0.25, 0.3) is 11.8 Å². The van der Waals surface area contributed by atoms with Crippen LogP contribution in [0.5, 0.6) is 11.5 Å². The number of carboxylic acid groups (broad SMARTS) is 1. The molecule has 12 heteroatoms. The molecule has 0 saturated heterocycles. The van der Waals surface area contributed by atoms with Crippen molar-refractivity contribution in [3.8, 4) is 22.9 Å². The number of H-pyrrole nitrogens is 1. The number of anilines is 1. The summed E-state index contributed by atoms with van der Waals surface area (Å²) >= 11 is 0. The number of ether oxygens (including phenoxy) is 2. The smallest absolute Gasteiger partial charge is 0.326 e. The minimum atomic E-state index is -1.28. The van der Waals surface area contributed by atoms with E-state index in [1.165, 1.54) is 24.7 Å². The molecule has 1 atom stereocenters. The molecule has 0 aliphatic carbocycles. The van der Waals surface area contributed by atoms with Crippen molar-refractivity contribution in [3.63, 3.8) is 0 Å². The molecule has 3 aromatic heterocycles. The predicted octanol–water partition coefficient (Wildman–Crippen LogP) is 5.33. The summed E-state index contributed by atoms with van der Waals surface area (Å²) < 4.78 is 16.4. The van der Waals surface area contributed by atoms with E-state index >= 15 is 0 Å². The van der Waals surface area contributed by atoms with Crippen LogP contribution in [-0.2, 0) is 14.3 Å². The molecule has 43 heavy (non-hydrogen) atoms. The third kappa shape index (κ3) is 8.55. The molecule has 224 valence electrons. The van der Waals surface area contributed by atoms with Crippen LogP contribution < -0.4 is 15.4 Å². The van der Waals surface area contributed by atoms with Crippen LogP contribution in [0.3, 0.4) is 0 Å². The monoisotopic (exact) mass is 588 g/mol. The number of carboxylic acids is 1. The highest BCUT2D eigenvalue weighted by atomic mass is 16.6. The van der Waals surface area contributed by atoms with Crippen LogP contribution in [0.2, 0.25) is 0 Å². The van der Waals surface area contributed by atoms with Crippen LogP contribution in [0.25, 0.3) is 11.4 Å². The largest absolute Gasteiger partial charge is 0.480 e. The Hall–Kier alpha value is -5.39. The molecule has 0 saturated carbocycles. The molecule has 0 unspecified atom stereocenters. The summed E-state index contributed by atoms with van der Waals surface area (Å²) in [6.45, 7) is 6.92. The molecule has 1 aromatic carbocycles. The number of esters is 1. The number of furan rings is 1. The van der Waals surface area contributed by atoms with Gasteiger partial charge in [-0.1, -0.05) is 6.07 Å². The number of nitrogens with one attached hydrogen (secondary N) is 3. The fourth-order valence-corrected chi connectivity index (χ4v) is 4.02. The van der Waals surface area contributed by atoms with Gasteiger partial charge in [-0.05, 0) is 64.4 Å². The summed E-state index contributed by atoms with van der Waals surface area (Å²) in [5.41, 5.74) is 1.68. The zero-order valence-corrected chi connectivity index (χ0v) is 24.1. The van der Waals surface area contributed by atoms with Gasteiger partial charge < -0.3 is 34.6 Å². The molecule has 0 radical (unpaired) electrons. The number of rotatable bonds is 11. The molecule has 4 aromatic rings. The first-order valence-electron chi connectivity index (χ1n) is 13.4. The highest BCUT2D eigenvalue weighted by Crippen LogP contribution is 2.27. The second kappa shape index (κ2) is 13.1. The average molecular weight is 589 g/mol. The summed E-state index contributed by atoms with van der Waals surface area (Å²) in [6, 6.07) is 12.1. The minimum absolute atomic E-state index is 0.123. The molecular formula is C31H32N4O8. The lowest BCUT2D eigenvalue weighted by Crippen LogP contribution is -2.41. The molecule has 0 bridgehead atoms. The van der Waals surface area contributed by atoms with Crippen LogP contribution in [0.15, 0.2) is 71.6 Å². The lowest BCUT2D eigenvalue weighted by Gasteiger charge is -2.20. The number of aryl methyl sites for hydroxylation is 1. The van der Waals surface area contributed by atoms with Gasteiger partial charge in [-0.15, -0.1) is 0 Å². The van der Waals surface area contributed by atoms with Crippen molar-refractivity contribution in [1.82, 2.24) is 15.3 Å². The van der Waals surface area contributed by atoms with Crippen molar-refractivity contribution in [2.45, 2.75) is 52.2 Å². The zero-order chi connectivity index (χ0) is 31.1. The molecule has 4 N–H and O–H groups in total. The van der Waals surface area contributed by atoms with E-state index in [2.05, 4.69) is 20.6 Å². The van der Waals surface area contributed by atoms with E-state index < -0.39 is 29.5 Å². The number of pyridine rings is 1. The lowest BCUT2D eigenvalue weighted by molar-refractivity contribution is -0.155. The minimum Gasteiger partial charge on any atom is -0.480 e. The van der Waals surface area contributed by atoms with Crippen LogP contribution in [0.4, 0.5) is 5.69 Å². The van der Waals surface area contributed by atoms with Crippen LogP contribution >= 0.6 is 0 Å². The second-order valence-corrected chi connectivity index (χ2v) is 10.7. The maximum absolute atomic E-state index is 12.8. The summed E-state index contributed by atoms with van der Waals surface area (Å²) in [6.07, 6.45) is 4.13. The maximum Gasteiger partial charge on any atom is 0.326 e. The first kappa shape index (κ1) is 30.6. The van der Waals surface area contributed by atoms with Crippen molar-refractivity contribution < 1.29 is 38.2 Å². The normalized spacial score (nSPS) is 11.8. The van der Waals surface area contributed by atoms with Gasteiger partial charge in [-0.3, -0.25) is 19.4 Å². The number of amides is 2. The van der Waals surface area contributed by atoms with Crippen molar-refractivity contribution in [3.05, 3.63) is 84.1 Å². The van der Waals surface area contributed by atoms with E-state index in [0.29, 0.717) is 28.6 Å². The summed E-state index contributed by atoms with van der Waals surface area (Å²) in [4.78, 5) is 56.3. The topological polar surface area (TPSA) is 173 Å². The van der Waals surface area contributed by atoms with E-state index in [9.17, 15) is 24.3 Å². The summed E-state index contributed by atoms with van der Waals surface area (Å²) in [7, 11) is 0. The predicted molar refractivity (Wildman–Crippen MR) is 156 cm³/mol. The Balaban J connectivity index is 1.39. The number of hydrogen-bond donors (Lipinski definition) is 4. The molecule has 3 heterocycles. The van der Waals surface area contributed by atoms with E-state index in [4.69, 9.17) is 13.9 Å². The van der Waals surface area contributed by atoms with Gasteiger partial charge in [-0.25, -0.2) is 4.79 Å². The van der Waals surface area contributed by atoms with Gasteiger partial charge >= 0.3 is 11.9 Å². The maximum atomic E-state index is 12.8. The van der Waals surface area contributed by atoms with E-state index in [-0.39, 0.29) is 30.1 Å². The van der Waals surface area contributed by atoms with Crippen molar-refractivity contribution in [1.29, 1.82) is 0 Å². The molecule has 4 rings (SSSR count). The van der Waals surface area contributed by atoms with Crippen molar-refractivity contribution in [2.24, 2.45) is 0 Å². The Bertz CT molecular complexity index is 1630. The standard InChI is InChI=1S/C31H32N4O8/c1-18-11-13-41-27(18)29(38)34-20-6-5-7-21(15-20)42-22-10-12-32-25(16-22)24-14-19(17-33-24)28(37)35-23(30(39)40)8-9-26(36)43-31(2,3)4/h5-7,10-17,23,33H,8-9H2,1-4H3,(H,34,38)(H,35,37)(H,39,40)/t23-/m0/s1. The highest BCUT2D eigenvalue weighted by molar-refractivity contribution is 6.03. The second-order valence-electron chi connectivity index (χ2n) is 10.7. The highest BCUT2D eigenvalue weighted by Gasteiger charge is 2.24. The molecule has 0 spiro atoms.